The lowest BCUT2D eigenvalue weighted by molar-refractivity contribution is 0.0165. The zero-order chi connectivity index (χ0) is 22.9. The number of carbonyl (C=O) groups is 1. The number of halogens is 1. The summed E-state index contributed by atoms with van der Waals surface area (Å²) >= 11 is 0. The van der Waals surface area contributed by atoms with Crippen molar-refractivity contribution in [2.75, 3.05) is 13.1 Å². The Kier molecular flexibility index (Phi) is 5.78. The fourth-order valence-electron chi connectivity index (χ4n) is 3.91. The molecule has 0 spiro atoms. The lowest BCUT2D eigenvalue weighted by atomic mass is 9.93. The van der Waals surface area contributed by atoms with Crippen LogP contribution in [0, 0.1) is 23.1 Å². The highest BCUT2D eigenvalue weighted by Gasteiger charge is 2.28. The Bertz CT molecular complexity index is 1190. The Morgan fingerprint density at radius 2 is 2.16 bits per heavy atom. The van der Waals surface area contributed by atoms with E-state index < -0.39 is 11.4 Å². The normalized spacial score (nSPS) is 16.7. The number of nitrogens with zero attached hydrogens (tertiary/aromatic N) is 6. The largest absolute Gasteiger partial charge is 0.444 e. The van der Waals surface area contributed by atoms with Crippen molar-refractivity contribution in [3.05, 3.63) is 47.8 Å². The van der Waals surface area contributed by atoms with Crippen LogP contribution in [0.25, 0.3) is 17.2 Å². The standard InChI is InChI=1S/C23H25FN6O2/c1-23(2,3)32-22(31)29-8-4-5-15(13-29)9-17-10-18(11-25)28-21(27-17)19-12-26-20-7-6-16(24)14-30(19)20/h6-7,10,12,14-15H,4-5,8-9,13H2,1-3H3/t15-/m0/s1. The number of amides is 1. The molecule has 0 aliphatic carbocycles. The number of rotatable bonds is 3. The number of carbonyl (C=O) groups excluding carboxylic acids is 1. The molecule has 4 rings (SSSR count). The van der Waals surface area contributed by atoms with Gasteiger partial charge < -0.3 is 9.64 Å². The highest BCUT2D eigenvalue weighted by molar-refractivity contribution is 5.68. The maximum Gasteiger partial charge on any atom is 0.410 e. The Morgan fingerprint density at radius 1 is 1.34 bits per heavy atom. The molecule has 0 unspecified atom stereocenters. The Morgan fingerprint density at radius 3 is 2.91 bits per heavy atom. The van der Waals surface area contributed by atoms with Crippen LogP contribution >= 0.6 is 0 Å². The number of aromatic nitrogens is 4. The van der Waals surface area contributed by atoms with Crippen molar-refractivity contribution < 1.29 is 13.9 Å². The molecular formula is C23H25FN6O2. The van der Waals surface area contributed by atoms with Crippen LogP contribution in [0.2, 0.25) is 0 Å². The first-order chi connectivity index (χ1) is 15.2. The minimum atomic E-state index is -0.541. The Hall–Kier alpha value is -3.54. The maximum absolute atomic E-state index is 13.8. The van der Waals surface area contributed by atoms with E-state index in [2.05, 4.69) is 21.0 Å². The number of fused-ring (bicyclic) bond motifs is 1. The van der Waals surface area contributed by atoms with Gasteiger partial charge in [0.15, 0.2) is 5.82 Å². The molecule has 4 heterocycles. The lowest BCUT2D eigenvalue weighted by Gasteiger charge is -2.34. The molecule has 1 atom stereocenters. The maximum atomic E-state index is 13.8. The van der Waals surface area contributed by atoms with Gasteiger partial charge in [-0.05, 0) is 64.2 Å². The van der Waals surface area contributed by atoms with Crippen molar-refractivity contribution in [2.45, 2.75) is 45.6 Å². The summed E-state index contributed by atoms with van der Waals surface area (Å²) in [5, 5.41) is 9.48. The van der Waals surface area contributed by atoms with Crippen molar-refractivity contribution in [3.8, 4) is 17.6 Å². The third-order valence-corrected chi connectivity index (χ3v) is 5.26. The van der Waals surface area contributed by atoms with Crippen LogP contribution in [-0.2, 0) is 11.2 Å². The number of hydrogen-bond donors (Lipinski definition) is 0. The number of pyridine rings is 1. The predicted octanol–water partition coefficient (Wildman–Crippen LogP) is 3.99. The number of imidazole rings is 1. The summed E-state index contributed by atoms with van der Waals surface area (Å²) in [6, 6.07) is 6.65. The molecular weight excluding hydrogens is 411 g/mol. The summed E-state index contributed by atoms with van der Waals surface area (Å²) in [6.07, 6.45) is 4.99. The van der Waals surface area contributed by atoms with Gasteiger partial charge in [-0.3, -0.25) is 4.40 Å². The van der Waals surface area contributed by atoms with Crippen LogP contribution in [0.3, 0.4) is 0 Å². The van der Waals surface area contributed by atoms with E-state index in [0.717, 1.165) is 12.8 Å². The van der Waals surface area contributed by atoms with E-state index in [1.54, 1.807) is 27.6 Å². The molecule has 0 saturated carbocycles. The number of nitriles is 1. The number of hydrogen-bond acceptors (Lipinski definition) is 6. The van der Waals surface area contributed by atoms with E-state index in [0.29, 0.717) is 42.4 Å². The predicted molar refractivity (Wildman–Crippen MR) is 115 cm³/mol. The van der Waals surface area contributed by atoms with Gasteiger partial charge in [0, 0.05) is 25.0 Å². The smallest absolute Gasteiger partial charge is 0.410 e. The quantitative estimate of drug-likeness (QED) is 0.616. The first-order valence-corrected chi connectivity index (χ1v) is 10.6. The van der Waals surface area contributed by atoms with E-state index in [1.807, 2.05) is 20.8 Å². The molecule has 32 heavy (non-hydrogen) atoms. The molecule has 166 valence electrons. The molecule has 3 aromatic rings. The average Bonchev–Trinajstić information content (AvgIpc) is 3.15. The average molecular weight is 436 g/mol. The molecule has 1 aliphatic heterocycles. The monoisotopic (exact) mass is 436 g/mol. The molecule has 0 aromatic carbocycles. The van der Waals surface area contributed by atoms with Crippen LogP contribution in [0.4, 0.5) is 9.18 Å². The second-order valence-corrected chi connectivity index (χ2v) is 9.04. The SMILES string of the molecule is CC(C)(C)OC(=O)N1CCC[C@@H](Cc2cc(C#N)nc(-c3cnc4ccc(F)cn34)n2)C1. The summed E-state index contributed by atoms with van der Waals surface area (Å²) in [7, 11) is 0. The van der Waals surface area contributed by atoms with E-state index in [4.69, 9.17) is 4.74 Å². The van der Waals surface area contributed by atoms with Crippen LogP contribution in [0.1, 0.15) is 45.0 Å². The molecule has 0 radical (unpaired) electrons. The second kappa shape index (κ2) is 8.54. The molecule has 8 nitrogen and oxygen atoms in total. The van der Waals surface area contributed by atoms with Crippen molar-refractivity contribution in [2.24, 2.45) is 5.92 Å². The van der Waals surface area contributed by atoms with Crippen molar-refractivity contribution in [1.29, 1.82) is 5.26 Å². The molecule has 1 saturated heterocycles. The summed E-state index contributed by atoms with van der Waals surface area (Å²) in [5.74, 6) is 0.0972. The van der Waals surface area contributed by atoms with Gasteiger partial charge in [0.1, 0.15) is 34.5 Å². The Labute approximate surface area is 185 Å². The summed E-state index contributed by atoms with van der Waals surface area (Å²) < 4.78 is 20.8. The summed E-state index contributed by atoms with van der Waals surface area (Å²) in [6.45, 7) is 6.78. The highest BCUT2D eigenvalue weighted by atomic mass is 19.1. The third-order valence-electron chi connectivity index (χ3n) is 5.26. The highest BCUT2D eigenvalue weighted by Crippen LogP contribution is 2.24. The van der Waals surface area contributed by atoms with Gasteiger partial charge in [-0.15, -0.1) is 0 Å². The van der Waals surface area contributed by atoms with Gasteiger partial charge >= 0.3 is 6.09 Å². The van der Waals surface area contributed by atoms with Crippen LogP contribution < -0.4 is 0 Å². The van der Waals surface area contributed by atoms with Gasteiger partial charge in [0.25, 0.3) is 0 Å². The first kappa shape index (κ1) is 21.7. The van der Waals surface area contributed by atoms with Crippen LogP contribution in [-0.4, -0.2) is 49.0 Å². The van der Waals surface area contributed by atoms with E-state index in [1.165, 1.54) is 12.3 Å². The van der Waals surface area contributed by atoms with E-state index in [9.17, 15) is 14.4 Å². The van der Waals surface area contributed by atoms with Gasteiger partial charge in [-0.25, -0.2) is 24.1 Å². The molecule has 0 N–H and O–H groups in total. The second-order valence-electron chi connectivity index (χ2n) is 9.04. The number of ether oxygens (including phenoxy) is 1. The molecule has 3 aromatic heterocycles. The van der Waals surface area contributed by atoms with Crippen LogP contribution in [0.15, 0.2) is 30.6 Å². The van der Waals surface area contributed by atoms with Gasteiger partial charge in [0.05, 0.1) is 6.20 Å². The van der Waals surface area contributed by atoms with Gasteiger partial charge in [-0.1, -0.05) is 0 Å². The zero-order valence-electron chi connectivity index (χ0n) is 18.4. The van der Waals surface area contributed by atoms with Gasteiger partial charge in [0.2, 0.25) is 0 Å². The minimum absolute atomic E-state index is 0.185. The first-order valence-electron chi connectivity index (χ1n) is 10.6. The van der Waals surface area contributed by atoms with Crippen molar-refractivity contribution in [1.82, 2.24) is 24.3 Å². The lowest BCUT2D eigenvalue weighted by Crippen LogP contribution is -2.43. The number of piperidine rings is 1. The van der Waals surface area contributed by atoms with E-state index in [-0.39, 0.29) is 17.7 Å². The minimum Gasteiger partial charge on any atom is -0.444 e. The van der Waals surface area contributed by atoms with Gasteiger partial charge in [-0.2, -0.15) is 5.26 Å². The number of likely N-dealkylation sites (tertiary alicyclic amines) is 1. The Balaban J connectivity index is 1.57. The van der Waals surface area contributed by atoms with Crippen molar-refractivity contribution >= 4 is 11.7 Å². The fraction of sp³-hybridized carbons (Fsp3) is 0.435. The topological polar surface area (TPSA) is 96.4 Å². The van der Waals surface area contributed by atoms with Crippen molar-refractivity contribution in [3.63, 3.8) is 0 Å². The molecule has 9 heteroatoms. The summed E-state index contributed by atoms with van der Waals surface area (Å²) in [5.41, 5.74) is 1.47. The molecule has 1 amide bonds. The zero-order valence-corrected chi connectivity index (χ0v) is 18.4. The fourth-order valence-corrected chi connectivity index (χ4v) is 3.91. The molecule has 1 aliphatic rings. The third kappa shape index (κ3) is 4.85. The van der Waals surface area contributed by atoms with Crippen LogP contribution in [0.5, 0.6) is 0 Å². The summed E-state index contributed by atoms with van der Waals surface area (Å²) in [4.78, 5) is 27.4. The molecule has 1 fully saturated rings. The molecule has 0 bridgehead atoms. The van der Waals surface area contributed by atoms with E-state index >= 15 is 0 Å².